The Morgan fingerprint density at radius 3 is 2.15 bits per heavy atom. The Hall–Kier alpha value is -1.28. The standard InChI is InChI=1S/C12H15F3N2O2S/c13-12(14,15)20(18,19)10-3-1-9(2-4-10)17-8-11(7-16)5-6-11/h1-4,17H,5-8,16H2. The molecule has 0 aliphatic heterocycles. The highest BCUT2D eigenvalue weighted by Crippen LogP contribution is 2.44. The van der Waals surface area contributed by atoms with Gasteiger partial charge in [0.05, 0.1) is 4.90 Å². The van der Waals surface area contributed by atoms with Crippen LogP contribution in [0.5, 0.6) is 0 Å². The summed E-state index contributed by atoms with van der Waals surface area (Å²) in [5, 5.41) is 3.06. The lowest BCUT2D eigenvalue weighted by molar-refractivity contribution is -0.0436. The van der Waals surface area contributed by atoms with Gasteiger partial charge in [-0.1, -0.05) is 0 Å². The molecule has 0 saturated heterocycles. The quantitative estimate of drug-likeness (QED) is 0.874. The monoisotopic (exact) mass is 308 g/mol. The first-order chi connectivity index (χ1) is 9.20. The highest BCUT2D eigenvalue weighted by atomic mass is 32.2. The van der Waals surface area contributed by atoms with Gasteiger partial charge in [-0.25, -0.2) is 8.42 Å². The van der Waals surface area contributed by atoms with E-state index < -0.39 is 20.2 Å². The number of halogens is 3. The Labute approximate surface area is 115 Å². The molecule has 0 spiro atoms. The summed E-state index contributed by atoms with van der Waals surface area (Å²) in [5.74, 6) is 0. The molecule has 0 atom stereocenters. The van der Waals surface area contributed by atoms with Gasteiger partial charge < -0.3 is 11.1 Å². The Bertz CT molecular complexity index is 578. The van der Waals surface area contributed by atoms with Crippen LogP contribution in [0.2, 0.25) is 0 Å². The van der Waals surface area contributed by atoms with Gasteiger partial charge in [-0.3, -0.25) is 0 Å². The molecule has 0 radical (unpaired) electrons. The van der Waals surface area contributed by atoms with Crippen molar-refractivity contribution < 1.29 is 21.6 Å². The Morgan fingerprint density at radius 2 is 1.75 bits per heavy atom. The molecule has 1 aliphatic carbocycles. The maximum atomic E-state index is 12.4. The molecule has 20 heavy (non-hydrogen) atoms. The summed E-state index contributed by atoms with van der Waals surface area (Å²) in [6.45, 7) is 1.19. The van der Waals surface area contributed by atoms with Gasteiger partial charge in [0.25, 0.3) is 9.84 Å². The molecule has 1 fully saturated rings. The van der Waals surface area contributed by atoms with E-state index in [1.165, 1.54) is 12.1 Å². The first-order valence-corrected chi connectivity index (χ1v) is 7.54. The number of alkyl halides is 3. The normalized spacial score (nSPS) is 17.8. The molecule has 1 aromatic carbocycles. The predicted molar refractivity (Wildman–Crippen MR) is 68.9 cm³/mol. The van der Waals surface area contributed by atoms with E-state index in [2.05, 4.69) is 5.32 Å². The predicted octanol–water partition coefficient (Wildman–Crippen LogP) is 2.13. The van der Waals surface area contributed by atoms with Gasteiger partial charge in [0.15, 0.2) is 0 Å². The molecule has 0 unspecified atom stereocenters. The van der Waals surface area contributed by atoms with Crippen LogP contribution in [0, 0.1) is 5.41 Å². The molecule has 0 bridgehead atoms. The zero-order valence-corrected chi connectivity index (χ0v) is 11.4. The van der Waals surface area contributed by atoms with Crippen molar-refractivity contribution in [2.75, 3.05) is 18.4 Å². The summed E-state index contributed by atoms with van der Waals surface area (Å²) in [4.78, 5) is -0.754. The Morgan fingerprint density at radius 1 is 1.20 bits per heavy atom. The molecule has 1 aromatic rings. The maximum Gasteiger partial charge on any atom is 0.501 e. The fourth-order valence-corrected chi connectivity index (χ4v) is 2.57. The first-order valence-electron chi connectivity index (χ1n) is 6.06. The summed E-state index contributed by atoms with van der Waals surface area (Å²) < 4.78 is 59.4. The summed E-state index contributed by atoms with van der Waals surface area (Å²) >= 11 is 0. The molecule has 1 saturated carbocycles. The van der Waals surface area contributed by atoms with Crippen molar-refractivity contribution in [3.63, 3.8) is 0 Å². The minimum Gasteiger partial charge on any atom is -0.384 e. The third kappa shape index (κ3) is 2.90. The summed E-state index contributed by atoms with van der Waals surface area (Å²) in [6, 6.07) is 4.55. The minimum atomic E-state index is -5.28. The van der Waals surface area contributed by atoms with E-state index in [1.807, 2.05) is 0 Å². The highest BCUT2D eigenvalue weighted by Gasteiger charge is 2.46. The maximum absolute atomic E-state index is 12.4. The SMILES string of the molecule is NCC1(CNc2ccc(S(=O)(=O)C(F)(F)F)cc2)CC1. The van der Waals surface area contributed by atoms with Crippen LogP contribution in [0.15, 0.2) is 29.2 Å². The summed E-state index contributed by atoms with van der Waals surface area (Å²) in [7, 11) is -5.28. The van der Waals surface area contributed by atoms with Crippen LogP contribution in [-0.2, 0) is 9.84 Å². The smallest absolute Gasteiger partial charge is 0.384 e. The van der Waals surface area contributed by atoms with Crippen molar-refractivity contribution in [1.29, 1.82) is 0 Å². The number of nitrogens with two attached hydrogens (primary N) is 1. The second-order valence-electron chi connectivity index (χ2n) is 5.03. The third-order valence-corrected chi connectivity index (χ3v) is 5.03. The van der Waals surface area contributed by atoms with Crippen molar-refractivity contribution >= 4 is 15.5 Å². The summed E-state index contributed by atoms with van der Waals surface area (Å²) in [6.07, 6.45) is 2.05. The Balaban J connectivity index is 2.07. The topological polar surface area (TPSA) is 72.2 Å². The number of hydrogen-bond acceptors (Lipinski definition) is 4. The lowest BCUT2D eigenvalue weighted by Gasteiger charge is -2.15. The highest BCUT2D eigenvalue weighted by molar-refractivity contribution is 7.92. The molecular weight excluding hydrogens is 293 g/mol. The molecule has 0 amide bonds. The zero-order chi connectivity index (χ0) is 15.0. The van der Waals surface area contributed by atoms with Crippen LogP contribution < -0.4 is 11.1 Å². The van der Waals surface area contributed by atoms with E-state index >= 15 is 0 Å². The minimum absolute atomic E-state index is 0.0801. The molecule has 0 aromatic heterocycles. The molecule has 112 valence electrons. The van der Waals surface area contributed by atoms with E-state index in [9.17, 15) is 21.6 Å². The van der Waals surface area contributed by atoms with Crippen LogP contribution in [0.25, 0.3) is 0 Å². The van der Waals surface area contributed by atoms with Gasteiger partial charge in [0.1, 0.15) is 0 Å². The largest absolute Gasteiger partial charge is 0.501 e. The second-order valence-corrected chi connectivity index (χ2v) is 6.97. The second kappa shape index (κ2) is 4.92. The lowest BCUT2D eigenvalue weighted by atomic mass is 10.1. The van der Waals surface area contributed by atoms with E-state index in [4.69, 9.17) is 5.73 Å². The van der Waals surface area contributed by atoms with E-state index in [0.717, 1.165) is 25.0 Å². The van der Waals surface area contributed by atoms with Crippen molar-refractivity contribution in [2.45, 2.75) is 23.2 Å². The van der Waals surface area contributed by atoms with Crippen molar-refractivity contribution in [1.82, 2.24) is 0 Å². The van der Waals surface area contributed by atoms with Crippen molar-refractivity contribution in [3.05, 3.63) is 24.3 Å². The molecule has 4 nitrogen and oxygen atoms in total. The molecule has 0 heterocycles. The number of hydrogen-bond donors (Lipinski definition) is 2. The van der Waals surface area contributed by atoms with Crippen LogP contribution in [0.1, 0.15) is 12.8 Å². The van der Waals surface area contributed by atoms with E-state index in [-0.39, 0.29) is 5.41 Å². The van der Waals surface area contributed by atoms with E-state index in [1.54, 1.807) is 0 Å². The number of sulfone groups is 1. The van der Waals surface area contributed by atoms with Gasteiger partial charge >= 0.3 is 5.51 Å². The van der Waals surface area contributed by atoms with Crippen LogP contribution in [0.4, 0.5) is 18.9 Å². The average Bonchev–Trinajstić information content (AvgIpc) is 3.16. The number of nitrogens with one attached hydrogen (secondary N) is 1. The number of rotatable bonds is 5. The van der Waals surface area contributed by atoms with Gasteiger partial charge in [-0.2, -0.15) is 13.2 Å². The van der Waals surface area contributed by atoms with Gasteiger partial charge in [-0.05, 0) is 49.1 Å². The van der Waals surface area contributed by atoms with E-state index in [0.29, 0.717) is 18.8 Å². The van der Waals surface area contributed by atoms with Crippen molar-refractivity contribution in [3.8, 4) is 0 Å². The number of anilines is 1. The van der Waals surface area contributed by atoms with Gasteiger partial charge in [0, 0.05) is 12.2 Å². The molecule has 1 aliphatic rings. The third-order valence-electron chi connectivity index (χ3n) is 3.53. The summed E-state index contributed by atoms with van der Waals surface area (Å²) in [5.41, 5.74) is 0.994. The first kappa shape index (κ1) is 15.1. The van der Waals surface area contributed by atoms with Crippen LogP contribution in [-0.4, -0.2) is 27.0 Å². The fourth-order valence-electron chi connectivity index (χ4n) is 1.80. The Kier molecular flexibility index (Phi) is 3.72. The molecule has 8 heteroatoms. The van der Waals surface area contributed by atoms with Crippen LogP contribution in [0.3, 0.4) is 0 Å². The van der Waals surface area contributed by atoms with Crippen LogP contribution >= 0.6 is 0 Å². The lowest BCUT2D eigenvalue weighted by Crippen LogP contribution is -2.24. The van der Waals surface area contributed by atoms with Gasteiger partial charge in [-0.15, -0.1) is 0 Å². The zero-order valence-electron chi connectivity index (χ0n) is 10.6. The molecular formula is C12H15F3N2O2S. The fraction of sp³-hybridized carbons (Fsp3) is 0.500. The number of benzene rings is 1. The molecule has 3 N–H and O–H groups in total. The molecule has 2 rings (SSSR count). The van der Waals surface area contributed by atoms with Crippen molar-refractivity contribution in [2.24, 2.45) is 11.1 Å². The average molecular weight is 308 g/mol. The van der Waals surface area contributed by atoms with Gasteiger partial charge in [0.2, 0.25) is 0 Å².